The van der Waals surface area contributed by atoms with Gasteiger partial charge in [0.05, 0.1) is 4.90 Å². The van der Waals surface area contributed by atoms with Crippen molar-refractivity contribution in [2.45, 2.75) is 30.5 Å². The Bertz CT molecular complexity index is 973. The van der Waals surface area contributed by atoms with Crippen LogP contribution in [0.1, 0.15) is 22.8 Å². The lowest BCUT2D eigenvalue weighted by atomic mass is 10.1. The number of rotatable bonds is 4. The Morgan fingerprint density at radius 1 is 1.19 bits per heavy atom. The molecule has 144 valence electrons. The Balaban J connectivity index is 1.89. The van der Waals surface area contributed by atoms with Gasteiger partial charge in [0.2, 0.25) is 0 Å². The number of carbonyl (C=O) groups is 1. The van der Waals surface area contributed by atoms with Crippen molar-refractivity contribution in [1.29, 1.82) is 0 Å². The van der Waals surface area contributed by atoms with E-state index in [-0.39, 0.29) is 11.6 Å². The highest BCUT2D eigenvalue weighted by molar-refractivity contribution is 7.86. The summed E-state index contributed by atoms with van der Waals surface area (Å²) in [5.41, 5.74) is 1.78. The average molecular weight is 399 g/mol. The van der Waals surface area contributed by atoms with Gasteiger partial charge in [0, 0.05) is 17.3 Å². The third-order valence-corrected chi connectivity index (χ3v) is 5.43. The van der Waals surface area contributed by atoms with E-state index in [1.807, 2.05) is 19.1 Å². The van der Waals surface area contributed by atoms with Crippen LogP contribution in [0.15, 0.2) is 53.4 Å². The first-order chi connectivity index (χ1) is 12.6. The fraction of sp³-hybridized carbons (Fsp3) is 0.278. The largest absolute Gasteiger partial charge is 0.413 e. The number of amides is 1. The van der Waals surface area contributed by atoms with E-state index in [1.54, 1.807) is 17.0 Å². The minimum absolute atomic E-state index is 0.0511. The number of benzene rings is 2. The van der Waals surface area contributed by atoms with Gasteiger partial charge in [-0.15, -0.1) is 0 Å². The van der Waals surface area contributed by atoms with Crippen molar-refractivity contribution in [2.24, 2.45) is 0 Å². The SMILES string of the molecule is C[C@H]1Cc2ccccc2N1C(=O)c1cccc(S(=O)(=O)OCC(F)(F)F)c1. The van der Waals surface area contributed by atoms with Gasteiger partial charge in [-0.25, -0.2) is 0 Å². The summed E-state index contributed by atoms with van der Waals surface area (Å²) in [6.45, 7) is -0.0605. The second-order valence-electron chi connectivity index (χ2n) is 6.22. The Morgan fingerprint density at radius 3 is 2.59 bits per heavy atom. The van der Waals surface area contributed by atoms with Crippen molar-refractivity contribution >= 4 is 21.7 Å². The molecule has 2 aromatic carbocycles. The molecule has 1 aliphatic heterocycles. The highest BCUT2D eigenvalue weighted by Gasteiger charge is 2.33. The minimum atomic E-state index is -4.78. The standard InChI is InChI=1S/C18H16F3NO4S/c1-12-9-13-5-2-3-8-16(13)22(12)17(23)14-6-4-7-15(10-14)27(24,25)26-11-18(19,20)21/h2-8,10,12H,9,11H2,1H3/t12-/m0/s1. The first-order valence-electron chi connectivity index (χ1n) is 8.06. The lowest BCUT2D eigenvalue weighted by Crippen LogP contribution is -2.35. The normalized spacial score (nSPS) is 17.0. The van der Waals surface area contributed by atoms with Gasteiger partial charge in [-0.2, -0.15) is 21.6 Å². The summed E-state index contributed by atoms with van der Waals surface area (Å²) in [6.07, 6.45) is -4.12. The van der Waals surface area contributed by atoms with Crippen molar-refractivity contribution in [3.8, 4) is 0 Å². The molecule has 5 nitrogen and oxygen atoms in total. The van der Waals surface area contributed by atoms with Crippen molar-refractivity contribution < 1.29 is 30.6 Å². The first kappa shape index (κ1) is 19.4. The number of anilines is 1. The van der Waals surface area contributed by atoms with Gasteiger partial charge in [0.25, 0.3) is 16.0 Å². The Kier molecular flexibility index (Phi) is 5.00. The van der Waals surface area contributed by atoms with E-state index in [0.717, 1.165) is 23.4 Å². The molecular weight excluding hydrogens is 383 g/mol. The van der Waals surface area contributed by atoms with Crippen LogP contribution in [-0.2, 0) is 20.7 Å². The quantitative estimate of drug-likeness (QED) is 0.738. The zero-order valence-electron chi connectivity index (χ0n) is 14.2. The lowest BCUT2D eigenvalue weighted by molar-refractivity contribution is -0.152. The van der Waals surface area contributed by atoms with Crippen LogP contribution >= 0.6 is 0 Å². The smallest absolute Gasteiger partial charge is 0.305 e. The summed E-state index contributed by atoms with van der Waals surface area (Å²) in [5, 5.41) is 0. The van der Waals surface area contributed by atoms with Gasteiger partial charge >= 0.3 is 6.18 Å². The van der Waals surface area contributed by atoms with Crippen LogP contribution in [0.4, 0.5) is 18.9 Å². The van der Waals surface area contributed by atoms with E-state index >= 15 is 0 Å². The third-order valence-electron chi connectivity index (χ3n) is 4.17. The van der Waals surface area contributed by atoms with Crippen LogP contribution in [0.25, 0.3) is 0 Å². The third kappa shape index (κ3) is 4.14. The summed E-state index contributed by atoms with van der Waals surface area (Å²) < 4.78 is 64.8. The molecule has 0 spiro atoms. The number of nitrogens with zero attached hydrogens (tertiary/aromatic N) is 1. The molecule has 9 heteroatoms. The topological polar surface area (TPSA) is 63.7 Å². The minimum Gasteiger partial charge on any atom is -0.305 e. The van der Waals surface area contributed by atoms with Crippen LogP contribution in [0, 0.1) is 0 Å². The van der Waals surface area contributed by atoms with Crippen molar-refractivity contribution in [3.05, 3.63) is 59.7 Å². The van der Waals surface area contributed by atoms with Gasteiger partial charge in [-0.05, 0) is 43.2 Å². The lowest BCUT2D eigenvalue weighted by Gasteiger charge is -2.23. The molecule has 3 rings (SSSR count). The summed E-state index contributed by atoms with van der Waals surface area (Å²) in [5.74, 6) is -0.430. The number of alkyl halides is 3. The van der Waals surface area contributed by atoms with Crippen LogP contribution in [0.2, 0.25) is 0 Å². The van der Waals surface area contributed by atoms with E-state index in [4.69, 9.17) is 0 Å². The van der Waals surface area contributed by atoms with Crippen LogP contribution < -0.4 is 4.90 Å². The number of para-hydroxylation sites is 1. The van der Waals surface area contributed by atoms with E-state index < -0.39 is 33.7 Å². The number of fused-ring (bicyclic) bond motifs is 1. The molecule has 0 fully saturated rings. The molecule has 2 aromatic rings. The van der Waals surface area contributed by atoms with E-state index in [9.17, 15) is 26.4 Å². The molecule has 0 unspecified atom stereocenters. The Hall–Kier alpha value is -2.39. The van der Waals surface area contributed by atoms with E-state index in [2.05, 4.69) is 4.18 Å². The van der Waals surface area contributed by atoms with Crippen LogP contribution in [0.3, 0.4) is 0 Å². The van der Waals surface area contributed by atoms with Crippen LogP contribution in [0.5, 0.6) is 0 Å². The summed E-state index contributed by atoms with van der Waals surface area (Å²) in [6, 6.07) is 12.1. The Labute approximate surface area is 154 Å². The summed E-state index contributed by atoms with van der Waals surface area (Å²) in [7, 11) is -4.64. The molecule has 0 saturated heterocycles. The second-order valence-corrected chi connectivity index (χ2v) is 7.83. The van der Waals surface area contributed by atoms with Crippen molar-refractivity contribution in [2.75, 3.05) is 11.5 Å². The molecule has 0 aromatic heterocycles. The fourth-order valence-electron chi connectivity index (χ4n) is 3.01. The monoisotopic (exact) mass is 399 g/mol. The molecule has 0 N–H and O–H groups in total. The van der Waals surface area contributed by atoms with Crippen molar-refractivity contribution in [3.63, 3.8) is 0 Å². The van der Waals surface area contributed by atoms with Crippen molar-refractivity contribution in [1.82, 2.24) is 0 Å². The number of hydrogen-bond acceptors (Lipinski definition) is 4. The first-order valence-corrected chi connectivity index (χ1v) is 9.47. The summed E-state index contributed by atoms with van der Waals surface area (Å²) >= 11 is 0. The van der Waals surface area contributed by atoms with Gasteiger partial charge in [-0.3, -0.25) is 8.98 Å². The number of halogens is 3. The van der Waals surface area contributed by atoms with E-state index in [1.165, 1.54) is 12.1 Å². The molecule has 1 amide bonds. The molecule has 1 heterocycles. The number of hydrogen-bond donors (Lipinski definition) is 0. The predicted molar refractivity (Wildman–Crippen MR) is 92.1 cm³/mol. The molecule has 0 radical (unpaired) electrons. The Morgan fingerprint density at radius 2 is 1.89 bits per heavy atom. The maximum Gasteiger partial charge on any atom is 0.413 e. The molecule has 27 heavy (non-hydrogen) atoms. The fourth-order valence-corrected chi connectivity index (χ4v) is 3.95. The van der Waals surface area contributed by atoms with Gasteiger partial charge in [0.1, 0.15) is 0 Å². The zero-order chi connectivity index (χ0) is 19.8. The maximum absolute atomic E-state index is 12.9. The van der Waals surface area contributed by atoms with Crippen LogP contribution in [-0.4, -0.2) is 33.1 Å². The predicted octanol–water partition coefficient (Wildman–Crippen LogP) is 3.55. The number of carbonyl (C=O) groups excluding carboxylic acids is 1. The molecule has 0 bridgehead atoms. The van der Waals surface area contributed by atoms with E-state index in [0.29, 0.717) is 6.42 Å². The second kappa shape index (κ2) is 6.97. The van der Waals surface area contributed by atoms with Gasteiger partial charge in [-0.1, -0.05) is 24.3 Å². The van der Waals surface area contributed by atoms with Gasteiger partial charge in [0.15, 0.2) is 6.61 Å². The highest BCUT2D eigenvalue weighted by atomic mass is 32.2. The summed E-state index contributed by atoms with van der Waals surface area (Å²) in [4.78, 5) is 14.0. The molecule has 0 aliphatic carbocycles. The molecule has 1 atom stereocenters. The maximum atomic E-state index is 12.9. The highest BCUT2D eigenvalue weighted by Crippen LogP contribution is 2.33. The zero-order valence-corrected chi connectivity index (χ0v) is 15.0. The molecule has 0 saturated carbocycles. The molecular formula is C18H16F3NO4S. The molecule has 1 aliphatic rings. The average Bonchev–Trinajstić information content (AvgIpc) is 2.95. The van der Waals surface area contributed by atoms with Gasteiger partial charge < -0.3 is 4.90 Å².